The number of carbonyl (C=O) groups is 1. The fraction of sp³-hybridized carbons (Fsp3) is 0.433. The van der Waals surface area contributed by atoms with Gasteiger partial charge in [0.25, 0.3) is 0 Å². The van der Waals surface area contributed by atoms with Gasteiger partial charge in [0.15, 0.2) is 11.5 Å². The number of allylic oxidation sites excluding steroid dienone is 4. The second-order valence-corrected chi connectivity index (χ2v) is 10.7. The predicted octanol–water partition coefficient (Wildman–Crippen LogP) is 5.75. The Kier molecular flexibility index (Phi) is 7.50. The first-order valence-electron chi connectivity index (χ1n) is 13.0. The van der Waals surface area contributed by atoms with Gasteiger partial charge in [0.05, 0.1) is 25.7 Å². The van der Waals surface area contributed by atoms with Gasteiger partial charge in [-0.05, 0) is 72.4 Å². The first kappa shape index (κ1) is 25.7. The van der Waals surface area contributed by atoms with Crippen LogP contribution in [0.5, 0.6) is 11.5 Å². The lowest BCUT2D eigenvalue weighted by Gasteiger charge is -2.41. The summed E-state index contributed by atoms with van der Waals surface area (Å²) >= 11 is 6.24. The van der Waals surface area contributed by atoms with E-state index in [0.717, 1.165) is 48.3 Å². The van der Waals surface area contributed by atoms with Crippen LogP contribution in [0, 0.1) is 5.92 Å². The summed E-state index contributed by atoms with van der Waals surface area (Å²) in [6.07, 6.45) is 7.47. The maximum absolute atomic E-state index is 13.8. The summed E-state index contributed by atoms with van der Waals surface area (Å²) in [4.78, 5) is 17.9. The Morgan fingerprint density at radius 1 is 1.14 bits per heavy atom. The van der Waals surface area contributed by atoms with Crippen LogP contribution in [0.4, 0.5) is 0 Å². The lowest BCUT2D eigenvalue weighted by atomic mass is 9.85. The predicted molar refractivity (Wildman–Crippen MR) is 145 cm³/mol. The number of fused-ring (bicyclic) bond motifs is 1. The van der Waals surface area contributed by atoms with Gasteiger partial charge in [0.1, 0.15) is 6.61 Å². The fourth-order valence-corrected chi connectivity index (χ4v) is 5.81. The number of halogens is 1. The number of hydrogen-bond donors (Lipinski definition) is 0. The van der Waals surface area contributed by atoms with Crippen LogP contribution < -0.4 is 9.47 Å². The molecule has 1 amide bonds. The topological polar surface area (TPSA) is 51.2 Å². The number of nitrogens with zero attached hydrogens (tertiary/aromatic N) is 2. The van der Waals surface area contributed by atoms with Crippen LogP contribution in [0.1, 0.15) is 48.9 Å². The monoisotopic (exact) mass is 522 g/mol. The van der Waals surface area contributed by atoms with Crippen molar-refractivity contribution in [1.29, 1.82) is 0 Å². The molecule has 2 aliphatic heterocycles. The third-order valence-corrected chi connectivity index (χ3v) is 7.77. The Labute approximate surface area is 224 Å². The van der Waals surface area contributed by atoms with Gasteiger partial charge in [-0.15, -0.1) is 0 Å². The van der Waals surface area contributed by atoms with Gasteiger partial charge in [0, 0.05) is 43.0 Å². The molecule has 37 heavy (non-hydrogen) atoms. The summed E-state index contributed by atoms with van der Waals surface area (Å²) in [5.74, 6) is 1.68. The Morgan fingerprint density at radius 3 is 2.57 bits per heavy atom. The Bertz CT molecular complexity index is 1210. The SMILES string of the molecule is COc1cc2c(cc1OC[C@H]1CCCO1)C(c1ccc(Cl)cc1)N(C1=CC=C(N(C)C)C(C)C1)C(=O)C2. The van der Waals surface area contributed by atoms with E-state index in [1.807, 2.05) is 35.2 Å². The number of amides is 1. The molecule has 1 aliphatic carbocycles. The van der Waals surface area contributed by atoms with Gasteiger partial charge < -0.3 is 24.0 Å². The molecule has 0 N–H and O–H groups in total. The van der Waals surface area contributed by atoms with Crippen molar-refractivity contribution in [2.45, 2.75) is 44.8 Å². The van der Waals surface area contributed by atoms with Crippen molar-refractivity contribution >= 4 is 17.5 Å². The fourth-order valence-electron chi connectivity index (χ4n) is 5.69. The molecule has 1 saturated heterocycles. The molecule has 196 valence electrons. The first-order chi connectivity index (χ1) is 17.9. The molecule has 3 aliphatic rings. The van der Waals surface area contributed by atoms with Crippen molar-refractivity contribution in [3.05, 3.63) is 81.7 Å². The van der Waals surface area contributed by atoms with Crippen LogP contribution in [0.25, 0.3) is 0 Å². The third kappa shape index (κ3) is 5.23. The van der Waals surface area contributed by atoms with E-state index in [1.165, 1.54) is 5.70 Å². The zero-order valence-corrected chi connectivity index (χ0v) is 22.8. The van der Waals surface area contributed by atoms with Crippen LogP contribution >= 0.6 is 11.6 Å². The van der Waals surface area contributed by atoms with Crippen LogP contribution in [0.3, 0.4) is 0 Å². The molecule has 2 aromatic carbocycles. The van der Waals surface area contributed by atoms with Crippen molar-refractivity contribution in [1.82, 2.24) is 9.80 Å². The molecule has 3 atom stereocenters. The number of benzene rings is 2. The minimum atomic E-state index is -0.294. The second-order valence-electron chi connectivity index (χ2n) is 10.3. The lowest BCUT2D eigenvalue weighted by Crippen LogP contribution is -2.41. The highest BCUT2D eigenvalue weighted by molar-refractivity contribution is 6.30. The highest BCUT2D eigenvalue weighted by Gasteiger charge is 2.38. The van der Waals surface area contributed by atoms with Gasteiger partial charge >= 0.3 is 0 Å². The van der Waals surface area contributed by atoms with Gasteiger partial charge in [0.2, 0.25) is 5.91 Å². The number of ether oxygens (including phenoxy) is 3. The van der Waals surface area contributed by atoms with Crippen LogP contribution in [0.2, 0.25) is 5.02 Å². The molecule has 2 aromatic rings. The zero-order valence-electron chi connectivity index (χ0n) is 22.0. The normalized spacial score (nSPS) is 23.3. The molecule has 0 saturated carbocycles. The van der Waals surface area contributed by atoms with Crippen molar-refractivity contribution in [3.63, 3.8) is 0 Å². The summed E-state index contributed by atoms with van der Waals surface area (Å²) in [6.45, 7) is 3.47. The van der Waals surface area contributed by atoms with Crippen molar-refractivity contribution in [2.75, 3.05) is 34.4 Å². The van der Waals surface area contributed by atoms with Crippen LogP contribution in [-0.4, -0.2) is 56.2 Å². The average molecular weight is 523 g/mol. The van der Waals surface area contributed by atoms with E-state index in [1.54, 1.807) is 7.11 Å². The Hall–Kier alpha value is -2.96. The molecule has 0 radical (unpaired) electrons. The molecule has 0 aromatic heterocycles. The molecule has 0 spiro atoms. The maximum atomic E-state index is 13.8. The third-order valence-electron chi connectivity index (χ3n) is 7.52. The van der Waals surface area contributed by atoms with Gasteiger partial charge in [-0.1, -0.05) is 30.7 Å². The summed E-state index contributed by atoms with van der Waals surface area (Å²) in [5, 5.41) is 0.664. The number of methoxy groups -OCH3 is 1. The summed E-state index contributed by atoms with van der Waals surface area (Å²) in [7, 11) is 5.76. The van der Waals surface area contributed by atoms with E-state index in [-0.39, 0.29) is 18.1 Å². The van der Waals surface area contributed by atoms with Gasteiger partial charge in [-0.2, -0.15) is 0 Å². The van der Waals surface area contributed by atoms with Gasteiger partial charge in [-0.25, -0.2) is 0 Å². The van der Waals surface area contributed by atoms with Crippen molar-refractivity contribution < 1.29 is 19.0 Å². The highest BCUT2D eigenvalue weighted by atomic mass is 35.5. The molecule has 0 bridgehead atoms. The largest absolute Gasteiger partial charge is 0.493 e. The van der Waals surface area contributed by atoms with Crippen LogP contribution in [0.15, 0.2) is 59.9 Å². The standard InChI is InChI=1S/C30H35ClN2O4/c1-19-14-23(11-12-26(19)32(2)3)33-29(34)16-21-15-27(35-4)28(37-18-24-6-5-13-36-24)17-25(21)30(33)20-7-9-22(31)10-8-20/h7-12,15,17,19,24,30H,5-6,13-14,16,18H2,1-4H3/t19?,24-,30?/m1/s1. The molecule has 7 heteroatoms. The van der Waals surface area contributed by atoms with Gasteiger partial charge in [-0.3, -0.25) is 4.79 Å². The lowest BCUT2D eigenvalue weighted by molar-refractivity contribution is -0.131. The van der Waals surface area contributed by atoms with E-state index in [4.69, 9.17) is 25.8 Å². The molecule has 6 nitrogen and oxygen atoms in total. The quantitative estimate of drug-likeness (QED) is 0.463. The average Bonchev–Trinajstić information content (AvgIpc) is 3.40. The van der Waals surface area contributed by atoms with E-state index < -0.39 is 0 Å². The van der Waals surface area contributed by atoms with E-state index in [0.29, 0.717) is 35.5 Å². The minimum absolute atomic E-state index is 0.0719. The molecule has 2 unspecified atom stereocenters. The Balaban J connectivity index is 1.58. The minimum Gasteiger partial charge on any atom is -0.493 e. The smallest absolute Gasteiger partial charge is 0.232 e. The molecular weight excluding hydrogens is 488 g/mol. The van der Waals surface area contributed by atoms with Crippen molar-refractivity contribution in [3.8, 4) is 11.5 Å². The van der Waals surface area contributed by atoms with Crippen molar-refractivity contribution in [2.24, 2.45) is 5.92 Å². The molecular formula is C30H35ClN2O4. The highest BCUT2D eigenvalue weighted by Crippen LogP contribution is 2.45. The first-order valence-corrected chi connectivity index (χ1v) is 13.3. The number of hydrogen-bond acceptors (Lipinski definition) is 5. The summed E-state index contributed by atoms with van der Waals surface area (Å²) in [6, 6.07) is 11.5. The maximum Gasteiger partial charge on any atom is 0.232 e. The van der Waals surface area contributed by atoms with E-state index >= 15 is 0 Å². The van der Waals surface area contributed by atoms with Crippen LogP contribution in [-0.2, 0) is 16.0 Å². The molecule has 2 heterocycles. The van der Waals surface area contributed by atoms with E-state index in [9.17, 15) is 4.79 Å². The zero-order chi connectivity index (χ0) is 26.1. The molecule has 5 rings (SSSR count). The summed E-state index contributed by atoms with van der Waals surface area (Å²) < 4.78 is 17.7. The second kappa shape index (κ2) is 10.8. The number of carbonyl (C=O) groups excluding carboxylic acids is 1. The number of rotatable bonds is 7. The Morgan fingerprint density at radius 2 is 1.92 bits per heavy atom. The molecule has 1 fully saturated rings. The van der Waals surface area contributed by atoms with E-state index in [2.05, 4.69) is 44.1 Å². The summed E-state index contributed by atoms with van der Waals surface area (Å²) in [5.41, 5.74) is 5.28.